The van der Waals surface area contributed by atoms with E-state index >= 15 is 0 Å². The van der Waals surface area contributed by atoms with E-state index in [1.54, 1.807) is 0 Å². The number of hydrogen-bond acceptors (Lipinski definition) is 4. The van der Waals surface area contributed by atoms with Gasteiger partial charge in [-0.1, -0.05) is 13.8 Å². The summed E-state index contributed by atoms with van der Waals surface area (Å²) in [4.78, 5) is 36.4. The summed E-state index contributed by atoms with van der Waals surface area (Å²) >= 11 is 0. The van der Waals surface area contributed by atoms with Crippen LogP contribution in [-0.2, 0) is 19.1 Å². The van der Waals surface area contributed by atoms with Gasteiger partial charge in [-0.3, -0.25) is 14.4 Å². The predicted octanol–water partition coefficient (Wildman–Crippen LogP) is 3.98. The van der Waals surface area contributed by atoms with Gasteiger partial charge in [-0.05, 0) is 67.3 Å². The first-order valence-corrected chi connectivity index (χ1v) is 9.76. The molecule has 0 aliphatic heterocycles. The molecule has 4 rings (SSSR count). The molecule has 0 aromatic heterocycles. The van der Waals surface area contributed by atoms with E-state index in [9.17, 15) is 14.4 Å². The summed E-state index contributed by atoms with van der Waals surface area (Å²) in [5.74, 6) is 1.94. The Morgan fingerprint density at radius 2 is 1.68 bits per heavy atom. The summed E-state index contributed by atoms with van der Waals surface area (Å²) in [6.45, 7) is 5.83. The SMILES string of the molecule is CC(=O)OC1=C2CC[C@@H]3[C@@H](CC[C@@]4(C)C(=O)CC[C@@H]34)[C@@]2(C)CCC1=O. The second kappa shape index (κ2) is 5.52. The van der Waals surface area contributed by atoms with Crippen molar-refractivity contribution in [1.82, 2.24) is 0 Å². The molecule has 4 nitrogen and oxygen atoms in total. The van der Waals surface area contributed by atoms with Crippen LogP contribution in [0.1, 0.15) is 72.1 Å². The van der Waals surface area contributed by atoms with Gasteiger partial charge in [0.15, 0.2) is 11.5 Å². The van der Waals surface area contributed by atoms with Gasteiger partial charge in [0, 0.05) is 25.2 Å². The summed E-state index contributed by atoms with van der Waals surface area (Å²) in [5.41, 5.74) is 0.893. The average molecular weight is 344 g/mol. The summed E-state index contributed by atoms with van der Waals surface area (Å²) in [7, 11) is 0. The fraction of sp³-hybridized carbons (Fsp3) is 0.762. The molecule has 5 atom stereocenters. The molecule has 3 saturated carbocycles. The van der Waals surface area contributed by atoms with Gasteiger partial charge >= 0.3 is 5.97 Å². The van der Waals surface area contributed by atoms with Crippen LogP contribution >= 0.6 is 0 Å². The third-order valence-corrected chi connectivity index (χ3v) is 8.03. The lowest BCUT2D eigenvalue weighted by molar-refractivity contribution is -0.142. The van der Waals surface area contributed by atoms with E-state index in [1.807, 2.05) is 0 Å². The maximum atomic E-state index is 12.5. The van der Waals surface area contributed by atoms with E-state index in [2.05, 4.69) is 13.8 Å². The van der Waals surface area contributed by atoms with Gasteiger partial charge in [0.1, 0.15) is 5.78 Å². The van der Waals surface area contributed by atoms with Crippen LogP contribution in [0.4, 0.5) is 0 Å². The molecule has 0 unspecified atom stereocenters. The highest BCUT2D eigenvalue weighted by atomic mass is 16.5. The highest BCUT2D eigenvalue weighted by Crippen LogP contribution is 2.64. The molecule has 4 aliphatic rings. The second-order valence-electron chi connectivity index (χ2n) is 9.08. The second-order valence-corrected chi connectivity index (χ2v) is 9.08. The van der Waals surface area contributed by atoms with Gasteiger partial charge in [0.2, 0.25) is 0 Å². The van der Waals surface area contributed by atoms with Crippen LogP contribution in [0.25, 0.3) is 0 Å². The van der Waals surface area contributed by atoms with E-state index in [-0.39, 0.29) is 16.6 Å². The van der Waals surface area contributed by atoms with Crippen LogP contribution in [0, 0.1) is 28.6 Å². The Bertz CT molecular complexity index is 690. The van der Waals surface area contributed by atoms with E-state index < -0.39 is 5.97 Å². The average Bonchev–Trinajstić information content (AvgIpc) is 2.86. The fourth-order valence-corrected chi connectivity index (χ4v) is 6.70. The van der Waals surface area contributed by atoms with Crippen molar-refractivity contribution in [3.8, 4) is 0 Å². The number of carbonyl (C=O) groups is 3. The monoisotopic (exact) mass is 344 g/mol. The maximum absolute atomic E-state index is 12.5. The molecular weight excluding hydrogens is 316 g/mol. The number of fused-ring (bicyclic) bond motifs is 5. The molecular formula is C21H28O4. The van der Waals surface area contributed by atoms with Crippen molar-refractivity contribution in [1.29, 1.82) is 0 Å². The van der Waals surface area contributed by atoms with Crippen LogP contribution in [0.2, 0.25) is 0 Å². The lowest BCUT2D eigenvalue weighted by Gasteiger charge is -2.57. The third kappa shape index (κ3) is 2.29. The first-order chi connectivity index (χ1) is 11.8. The van der Waals surface area contributed by atoms with Gasteiger partial charge in [-0.25, -0.2) is 0 Å². The molecule has 4 aliphatic carbocycles. The molecule has 0 aromatic rings. The van der Waals surface area contributed by atoms with Crippen molar-refractivity contribution < 1.29 is 19.1 Å². The van der Waals surface area contributed by atoms with Gasteiger partial charge < -0.3 is 4.74 Å². The Kier molecular flexibility index (Phi) is 3.75. The zero-order valence-electron chi connectivity index (χ0n) is 15.5. The molecule has 0 saturated heterocycles. The van der Waals surface area contributed by atoms with E-state index in [1.165, 1.54) is 6.92 Å². The van der Waals surface area contributed by atoms with Crippen molar-refractivity contribution in [2.45, 2.75) is 72.1 Å². The Morgan fingerprint density at radius 3 is 2.40 bits per heavy atom. The Balaban J connectivity index is 1.72. The van der Waals surface area contributed by atoms with Crippen molar-refractivity contribution in [2.75, 3.05) is 0 Å². The molecule has 25 heavy (non-hydrogen) atoms. The Labute approximate surface area is 149 Å². The minimum Gasteiger partial charge on any atom is -0.423 e. The minimum absolute atomic E-state index is 0.0159. The maximum Gasteiger partial charge on any atom is 0.308 e. The number of esters is 1. The molecule has 0 aromatic carbocycles. The minimum atomic E-state index is -0.403. The van der Waals surface area contributed by atoms with Crippen molar-refractivity contribution in [3.05, 3.63) is 11.3 Å². The van der Waals surface area contributed by atoms with Crippen molar-refractivity contribution in [3.63, 3.8) is 0 Å². The summed E-state index contributed by atoms with van der Waals surface area (Å²) in [5, 5.41) is 0. The standard InChI is InChI=1S/C21H28O4/c1-12(22)25-19-16-5-4-13-14-6-7-18(24)21(14,3)10-8-15(13)20(16,2)11-9-17(19)23/h13-15H,4-11H2,1-3H3/t13-,14-,15+,20+,21+/m0/s1. The number of hydrogen-bond donors (Lipinski definition) is 0. The fourth-order valence-electron chi connectivity index (χ4n) is 6.70. The number of allylic oxidation sites excluding steroid dienone is 1. The molecule has 0 radical (unpaired) electrons. The topological polar surface area (TPSA) is 60.4 Å². The summed E-state index contributed by atoms with van der Waals surface area (Å²) in [6.07, 6.45) is 6.94. The molecule has 0 spiro atoms. The highest BCUT2D eigenvalue weighted by molar-refractivity contribution is 5.97. The van der Waals surface area contributed by atoms with Gasteiger partial charge in [-0.15, -0.1) is 0 Å². The molecule has 0 amide bonds. The van der Waals surface area contributed by atoms with Crippen molar-refractivity contribution >= 4 is 17.5 Å². The molecule has 3 fully saturated rings. The summed E-state index contributed by atoms with van der Waals surface area (Å²) < 4.78 is 5.38. The van der Waals surface area contributed by atoms with E-state index in [0.29, 0.717) is 35.7 Å². The molecule has 136 valence electrons. The van der Waals surface area contributed by atoms with Gasteiger partial charge in [0.25, 0.3) is 0 Å². The molecule has 0 heterocycles. The van der Waals surface area contributed by atoms with Crippen LogP contribution in [-0.4, -0.2) is 17.5 Å². The third-order valence-electron chi connectivity index (χ3n) is 8.03. The van der Waals surface area contributed by atoms with Crippen LogP contribution in [0.5, 0.6) is 0 Å². The molecule has 0 bridgehead atoms. The molecule has 4 heteroatoms. The molecule has 0 N–H and O–H groups in total. The Hall–Kier alpha value is -1.45. The number of Topliss-reactive ketones (excluding diaryl/α,β-unsaturated/α-hetero) is 2. The number of ether oxygens (including phenoxy) is 1. The zero-order chi connectivity index (χ0) is 18.0. The first-order valence-electron chi connectivity index (χ1n) is 9.76. The van der Waals surface area contributed by atoms with E-state index in [0.717, 1.165) is 50.5 Å². The van der Waals surface area contributed by atoms with Crippen LogP contribution < -0.4 is 0 Å². The Morgan fingerprint density at radius 1 is 0.960 bits per heavy atom. The number of carbonyl (C=O) groups excluding carboxylic acids is 3. The quantitative estimate of drug-likeness (QED) is 0.675. The number of ketones is 2. The lowest BCUT2D eigenvalue weighted by atomic mass is 9.47. The normalized spacial score (nSPS) is 43.4. The summed E-state index contributed by atoms with van der Waals surface area (Å²) in [6, 6.07) is 0. The van der Waals surface area contributed by atoms with Gasteiger partial charge in [0.05, 0.1) is 0 Å². The zero-order valence-corrected chi connectivity index (χ0v) is 15.5. The number of rotatable bonds is 1. The first kappa shape index (κ1) is 17.0. The highest BCUT2D eigenvalue weighted by Gasteiger charge is 2.59. The lowest BCUT2D eigenvalue weighted by Crippen LogP contribution is -2.51. The van der Waals surface area contributed by atoms with Crippen LogP contribution in [0.15, 0.2) is 11.3 Å². The van der Waals surface area contributed by atoms with Gasteiger partial charge in [-0.2, -0.15) is 0 Å². The smallest absolute Gasteiger partial charge is 0.308 e. The van der Waals surface area contributed by atoms with Crippen molar-refractivity contribution in [2.24, 2.45) is 28.6 Å². The largest absolute Gasteiger partial charge is 0.423 e. The van der Waals surface area contributed by atoms with E-state index in [4.69, 9.17) is 4.74 Å². The van der Waals surface area contributed by atoms with Crippen LogP contribution in [0.3, 0.4) is 0 Å². The predicted molar refractivity (Wildman–Crippen MR) is 92.4 cm³/mol.